The monoisotopic (exact) mass is 499 g/mol. The molecule has 0 radical (unpaired) electrons. The summed E-state index contributed by atoms with van der Waals surface area (Å²) in [4.78, 5) is 11.6. The highest BCUT2D eigenvalue weighted by molar-refractivity contribution is 5.82. The van der Waals surface area contributed by atoms with Crippen LogP contribution in [-0.2, 0) is 11.2 Å². The fourth-order valence-electron chi connectivity index (χ4n) is 4.00. The van der Waals surface area contributed by atoms with Gasteiger partial charge in [-0.2, -0.15) is 18.3 Å². The lowest BCUT2D eigenvalue weighted by Crippen LogP contribution is -2.45. The van der Waals surface area contributed by atoms with Crippen LogP contribution in [0.5, 0.6) is 5.75 Å². The second-order valence-corrected chi connectivity index (χ2v) is 8.54. The van der Waals surface area contributed by atoms with Gasteiger partial charge in [-0.25, -0.2) is 9.07 Å². The lowest BCUT2D eigenvalue weighted by Gasteiger charge is -2.27. The predicted octanol–water partition coefficient (Wildman–Crippen LogP) is 6.30. The molecule has 0 aliphatic heterocycles. The Balaban J connectivity index is 1.63. The van der Waals surface area contributed by atoms with E-state index in [0.29, 0.717) is 17.0 Å². The van der Waals surface area contributed by atoms with Gasteiger partial charge in [-0.15, -0.1) is 0 Å². The van der Waals surface area contributed by atoms with Crippen molar-refractivity contribution in [1.82, 2.24) is 15.1 Å². The van der Waals surface area contributed by atoms with E-state index in [-0.39, 0.29) is 5.82 Å². The van der Waals surface area contributed by atoms with Crippen LogP contribution in [0, 0.1) is 5.82 Å². The third kappa shape index (κ3) is 5.67. The minimum atomic E-state index is -5.00. The number of rotatable bonds is 8. The van der Waals surface area contributed by atoms with Crippen molar-refractivity contribution in [2.45, 2.75) is 45.0 Å². The van der Waals surface area contributed by atoms with Crippen LogP contribution in [0.3, 0.4) is 0 Å². The molecule has 1 amide bonds. The molecule has 1 aromatic heterocycles. The number of benzene rings is 3. The Morgan fingerprint density at radius 3 is 2.39 bits per heavy atom. The second kappa shape index (κ2) is 10.4. The first-order valence-electron chi connectivity index (χ1n) is 11.5. The Morgan fingerprint density at radius 1 is 1.06 bits per heavy atom. The zero-order valence-electron chi connectivity index (χ0n) is 19.7. The van der Waals surface area contributed by atoms with Gasteiger partial charge in [0.15, 0.2) is 0 Å². The molecule has 2 atom stereocenters. The molecule has 1 N–H and O–H groups in total. The summed E-state index contributed by atoms with van der Waals surface area (Å²) in [7, 11) is 0. The molecule has 0 fully saturated rings. The van der Waals surface area contributed by atoms with E-state index in [9.17, 15) is 22.4 Å². The van der Waals surface area contributed by atoms with Gasteiger partial charge < -0.3 is 10.1 Å². The Labute approximate surface area is 205 Å². The van der Waals surface area contributed by atoms with Crippen LogP contribution in [0.1, 0.15) is 37.5 Å². The van der Waals surface area contributed by atoms with Crippen molar-refractivity contribution in [3.8, 4) is 11.4 Å². The van der Waals surface area contributed by atoms with Crippen molar-refractivity contribution in [1.29, 1.82) is 0 Å². The molecule has 0 saturated carbocycles. The Morgan fingerprint density at radius 2 is 1.75 bits per heavy atom. The van der Waals surface area contributed by atoms with Gasteiger partial charge in [0.1, 0.15) is 17.7 Å². The first-order valence-corrected chi connectivity index (χ1v) is 11.5. The highest BCUT2D eigenvalue weighted by Gasteiger charge is 2.40. The molecular formula is C27H25F4N3O2. The van der Waals surface area contributed by atoms with Crippen molar-refractivity contribution >= 4 is 16.8 Å². The van der Waals surface area contributed by atoms with Crippen LogP contribution in [0.4, 0.5) is 17.6 Å². The Kier molecular flexibility index (Phi) is 7.28. The van der Waals surface area contributed by atoms with Crippen LogP contribution < -0.4 is 10.1 Å². The summed E-state index contributed by atoms with van der Waals surface area (Å²) in [6, 6.07) is 17.5. The lowest BCUT2D eigenvalue weighted by molar-refractivity contribution is -0.174. The third-order valence-corrected chi connectivity index (χ3v) is 5.79. The predicted molar refractivity (Wildman–Crippen MR) is 128 cm³/mol. The average Bonchev–Trinajstić information content (AvgIpc) is 3.26. The van der Waals surface area contributed by atoms with Crippen LogP contribution in [-0.4, -0.2) is 27.9 Å². The molecule has 0 unspecified atom stereocenters. The van der Waals surface area contributed by atoms with Crippen LogP contribution >= 0.6 is 0 Å². The number of nitrogens with one attached hydrogen (secondary N) is 1. The number of aromatic nitrogens is 2. The van der Waals surface area contributed by atoms with E-state index in [1.165, 1.54) is 19.1 Å². The summed E-state index contributed by atoms with van der Waals surface area (Å²) >= 11 is 0. The van der Waals surface area contributed by atoms with Gasteiger partial charge in [0, 0.05) is 5.39 Å². The minimum Gasteiger partial charge on any atom is -0.484 e. The summed E-state index contributed by atoms with van der Waals surface area (Å²) in [6.07, 6.45) is -2.42. The molecule has 188 valence electrons. The van der Waals surface area contributed by atoms with E-state index in [1.54, 1.807) is 53.3 Å². The number of carbonyl (C=O) groups is 1. The van der Waals surface area contributed by atoms with Gasteiger partial charge in [0.05, 0.1) is 23.4 Å². The fraction of sp³-hybridized carbons (Fsp3) is 0.259. The first kappa shape index (κ1) is 25.2. The highest BCUT2D eigenvalue weighted by Crippen LogP contribution is 2.30. The second-order valence-electron chi connectivity index (χ2n) is 8.54. The number of carbonyl (C=O) groups excluding carboxylic acids is 1. The molecule has 0 aliphatic rings. The first-order chi connectivity index (χ1) is 17.2. The highest BCUT2D eigenvalue weighted by atomic mass is 19.4. The lowest BCUT2D eigenvalue weighted by atomic mass is 10.00. The number of halogens is 4. The zero-order valence-corrected chi connectivity index (χ0v) is 19.7. The SMILES string of the molecule is CCCc1ccc([C@@H](Oc2ccc3c(cnn3-c3ccc(F)cc3)c2)[C@H](C)NC(=O)C(F)(F)F)cc1. The number of alkyl halides is 3. The normalized spacial score (nSPS) is 13.4. The topological polar surface area (TPSA) is 56.1 Å². The number of fused-ring (bicyclic) bond motifs is 1. The van der Waals surface area contributed by atoms with E-state index < -0.39 is 24.2 Å². The molecule has 0 bridgehead atoms. The van der Waals surface area contributed by atoms with Crippen LogP contribution in [0.15, 0.2) is 72.9 Å². The van der Waals surface area contributed by atoms with Crippen LogP contribution in [0.25, 0.3) is 16.6 Å². The van der Waals surface area contributed by atoms with Crippen LogP contribution in [0.2, 0.25) is 0 Å². The summed E-state index contributed by atoms with van der Waals surface area (Å²) < 4.78 is 59.8. The smallest absolute Gasteiger partial charge is 0.471 e. The van der Waals surface area contributed by atoms with E-state index >= 15 is 0 Å². The molecule has 5 nitrogen and oxygen atoms in total. The standard InChI is InChI=1S/C27H25F4N3O2/c1-3-4-18-5-7-19(8-6-18)25(17(2)33-26(35)27(29,30)31)36-23-13-14-24-20(15-23)16-32-34(24)22-11-9-21(28)10-12-22/h5-17,25H,3-4H2,1-2H3,(H,33,35)/t17-,25-/m0/s1. The third-order valence-electron chi connectivity index (χ3n) is 5.79. The average molecular weight is 500 g/mol. The maximum Gasteiger partial charge on any atom is 0.471 e. The number of hydrogen-bond donors (Lipinski definition) is 1. The van der Waals surface area contributed by atoms with E-state index in [1.807, 2.05) is 17.4 Å². The molecule has 0 spiro atoms. The van der Waals surface area contributed by atoms with Gasteiger partial charge in [-0.3, -0.25) is 4.79 Å². The van der Waals surface area contributed by atoms with Crippen molar-refractivity contribution in [2.24, 2.45) is 0 Å². The Hall–Kier alpha value is -3.88. The molecule has 4 aromatic rings. The molecule has 4 rings (SSSR count). The van der Waals surface area contributed by atoms with E-state index in [0.717, 1.165) is 29.3 Å². The maximum absolute atomic E-state index is 13.3. The summed E-state index contributed by atoms with van der Waals surface area (Å²) in [5.74, 6) is -1.98. The quantitative estimate of drug-likeness (QED) is 0.289. The maximum atomic E-state index is 13.3. The van der Waals surface area contributed by atoms with Gasteiger partial charge >= 0.3 is 12.1 Å². The van der Waals surface area contributed by atoms with E-state index in [2.05, 4.69) is 12.0 Å². The number of aryl methyl sites for hydroxylation is 1. The molecule has 0 saturated heterocycles. The molecule has 9 heteroatoms. The molecule has 3 aromatic carbocycles. The van der Waals surface area contributed by atoms with Gasteiger partial charge in [-0.05, 0) is 66.9 Å². The molecule has 1 heterocycles. The molecular weight excluding hydrogens is 474 g/mol. The minimum absolute atomic E-state index is 0.355. The number of ether oxygens (including phenoxy) is 1. The largest absolute Gasteiger partial charge is 0.484 e. The number of amides is 1. The zero-order chi connectivity index (χ0) is 25.9. The summed E-state index contributed by atoms with van der Waals surface area (Å²) in [5.41, 5.74) is 3.15. The fourth-order valence-corrected chi connectivity index (χ4v) is 4.00. The van der Waals surface area contributed by atoms with E-state index in [4.69, 9.17) is 4.74 Å². The molecule has 0 aliphatic carbocycles. The van der Waals surface area contributed by atoms with Gasteiger partial charge in [0.2, 0.25) is 0 Å². The van der Waals surface area contributed by atoms with Crippen molar-refractivity contribution in [3.63, 3.8) is 0 Å². The summed E-state index contributed by atoms with van der Waals surface area (Å²) in [6.45, 7) is 3.53. The van der Waals surface area contributed by atoms with Crippen molar-refractivity contribution in [3.05, 3.63) is 89.9 Å². The summed E-state index contributed by atoms with van der Waals surface area (Å²) in [5, 5.41) is 7.09. The van der Waals surface area contributed by atoms with Gasteiger partial charge in [0.25, 0.3) is 0 Å². The Bertz CT molecular complexity index is 1330. The van der Waals surface area contributed by atoms with Gasteiger partial charge in [-0.1, -0.05) is 37.6 Å². The van der Waals surface area contributed by atoms with Crippen molar-refractivity contribution in [2.75, 3.05) is 0 Å². The molecule has 36 heavy (non-hydrogen) atoms. The van der Waals surface area contributed by atoms with Crippen molar-refractivity contribution < 1.29 is 27.1 Å². The number of hydrogen-bond acceptors (Lipinski definition) is 3. The number of nitrogens with zero attached hydrogens (tertiary/aromatic N) is 2.